The third-order valence-electron chi connectivity index (χ3n) is 5.65. The van der Waals surface area contributed by atoms with Crippen molar-refractivity contribution in [2.24, 2.45) is 0 Å². The minimum atomic E-state index is 0.574. The van der Waals surface area contributed by atoms with E-state index in [2.05, 4.69) is 41.0 Å². The summed E-state index contributed by atoms with van der Waals surface area (Å²) in [6.45, 7) is 0. The van der Waals surface area contributed by atoms with Crippen molar-refractivity contribution in [2.45, 2.75) is 0 Å². The molecule has 0 aliphatic carbocycles. The number of nitrogens with zero attached hydrogens (tertiary/aromatic N) is 2. The third kappa shape index (κ3) is 1.90. The summed E-state index contributed by atoms with van der Waals surface area (Å²) in [5.74, 6) is 0. The molecule has 0 radical (unpaired) electrons. The first-order valence-electron chi connectivity index (χ1n) is 9.58. The first kappa shape index (κ1) is 14.9. The van der Waals surface area contributed by atoms with Gasteiger partial charge in [0.05, 0.1) is 11.0 Å². The summed E-state index contributed by atoms with van der Waals surface area (Å²) in [7, 11) is 0. The number of hydrogen-bond donors (Lipinski definition) is 0. The highest BCUT2D eigenvalue weighted by Gasteiger charge is 2.20. The molecule has 4 aromatic carbocycles. The van der Waals surface area contributed by atoms with Crippen LogP contribution in [0.5, 0.6) is 0 Å². The molecule has 3 aromatic heterocycles. The van der Waals surface area contributed by atoms with Crippen LogP contribution in [0.4, 0.5) is 0 Å². The summed E-state index contributed by atoms with van der Waals surface area (Å²) in [4.78, 5) is 4.76. The van der Waals surface area contributed by atoms with Crippen molar-refractivity contribution in [1.29, 1.82) is 0 Å². The Morgan fingerprint density at radius 1 is 0.552 bits per heavy atom. The average molecular weight is 374 g/mol. The fourth-order valence-corrected chi connectivity index (χ4v) is 4.44. The van der Waals surface area contributed by atoms with Gasteiger partial charge in [-0.05, 0) is 36.4 Å². The fraction of sp³-hybridized carbons (Fsp3) is 0. The molecule has 0 aliphatic rings. The van der Waals surface area contributed by atoms with E-state index < -0.39 is 0 Å². The highest BCUT2D eigenvalue weighted by Crippen LogP contribution is 2.41. The van der Waals surface area contributed by atoms with E-state index in [9.17, 15) is 0 Å². The molecule has 0 N–H and O–H groups in total. The molecule has 136 valence electrons. The van der Waals surface area contributed by atoms with E-state index in [1.54, 1.807) is 0 Å². The molecule has 29 heavy (non-hydrogen) atoms. The first-order chi connectivity index (χ1) is 14.4. The lowest BCUT2D eigenvalue weighted by molar-refractivity contribution is 0.574. The van der Waals surface area contributed by atoms with Crippen molar-refractivity contribution >= 4 is 54.8 Å². The van der Waals surface area contributed by atoms with Gasteiger partial charge in [0, 0.05) is 21.5 Å². The Balaban J connectivity index is 1.72. The Morgan fingerprint density at radius 3 is 2.21 bits per heavy atom. The van der Waals surface area contributed by atoms with E-state index in [-0.39, 0.29) is 0 Å². The first-order valence-corrected chi connectivity index (χ1v) is 9.58. The summed E-state index contributed by atoms with van der Waals surface area (Å²) in [6.07, 6.45) is 0. The number of fused-ring (bicyclic) bond motifs is 8. The van der Waals surface area contributed by atoms with Gasteiger partial charge in [0.2, 0.25) is 0 Å². The molecule has 0 saturated carbocycles. The van der Waals surface area contributed by atoms with Crippen LogP contribution in [0.3, 0.4) is 0 Å². The smallest absolute Gasteiger partial charge is 0.307 e. The molecular formula is C25H14N2O2. The molecule has 0 amide bonds. The zero-order valence-corrected chi connectivity index (χ0v) is 15.3. The average Bonchev–Trinajstić information content (AvgIpc) is 3.44. The van der Waals surface area contributed by atoms with Crippen LogP contribution in [0.2, 0.25) is 0 Å². The lowest BCUT2D eigenvalue weighted by Gasteiger charge is -2.01. The van der Waals surface area contributed by atoms with Crippen molar-refractivity contribution in [2.75, 3.05) is 0 Å². The van der Waals surface area contributed by atoms with E-state index in [1.807, 2.05) is 48.5 Å². The molecule has 4 heteroatoms. The van der Waals surface area contributed by atoms with E-state index >= 15 is 0 Å². The highest BCUT2D eigenvalue weighted by atomic mass is 16.4. The second-order valence-corrected chi connectivity index (χ2v) is 7.25. The third-order valence-corrected chi connectivity index (χ3v) is 5.65. The summed E-state index contributed by atoms with van der Waals surface area (Å²) < 4.78 is 14.4. The second kappa shape index (κ2) is 5.26. The number of hydrogen-bond acceptors (Lipinski definition) is 3. The van der Waals surface area contributed by atoms with E-state index in [4.69, 9.17) is 13.8 Å². The minimum absolute atomic E-state index is 0.574. The number of furan rings is 1. The van der Waals surface area contributed by atoms with Crippen LogP contribution in [0.15, 0.2) is 93.8 Å². The zero-order valence-electron chi connectivity index (χ0n) is 15.3. The van der Waals surface area contributed by atoms with Crippen LogP contribution >= 0.6 is 0 Å². The summed E-state index contributed by atoms with van der Waals surface area (Å²) >= 11 is 0. The lowest BCUT2D eigenvalue weighted by atomic mass is 10.1. The van der Waals surface area contributed by atoms with E-state index in [0.29, 0.717) is 6.01 Å². The van der Waals surface area contributed by atoms with Gasteiger partial charge in [-0.25, -0.2) is 0 Å². The Hall–Kier alpha value is -4.05. The van der Waals surface area contributed by atoms with E-state index in [0.717, 1.165) is 54.8 Å². The minimum Gasteiger partial charge on any atom is -0.456 e. The van der Waals surface area contributed by atoms with Crippen molar-refractivity contribution in [1.82, 2.24) is 9.55 Å². The van der Waals surface area contributed by atoms with Crippen LogP contribution < -0.4 is 0 Å². The molecular weight excluding hydrogens is 360 g/mol. The summed E-state index contributed by atoms with van der Waals surface area (Å²) in [5.41, 5.74) is 5.53. The number of para-hydroxylation sites is 4. The van der Waals surface area contributed by atoms with Gasteiger partial charge in [0.25, 0.3) is 0 Å². The van der Waals surface area contributed by atoms with Gasteiger partial charge in [-0.2, -0.15) is 4.98 Å². The fourth-order valence-electron chi connectivity index (χ4n) is 4.44. The molecule has 3 heterocycles. The summed E-state index contributed by atoms with van der Waals surface area (Å²) in [6, 6.07) is 29.1. The molecule has 0 atom stereocenters. The monoisotopic (exact) mass is 374 g/mol. The van der Waals surface area contributed by atoms with Gasteiger partial charge < -0.3 is 8.83 Å². The molecule has 0 fully saturated rings. The molecule has 4 nitrogen and oxygen atoms in total. The molecule has 7 rings (SSSR count). The van der Waals surface area contributed by atoms with Gasteiger partial charge in [-0.3, -0.25) is 4.57 Å². The van der Waals surface area contributed by atoms with Gasteiger partial charge in [0.1, 0.15) is 16.7 Å². The lowest BCUT2D eigenvalue weighted by Crippen LogP contribution is -1.93. The van der Waals surface area contributed by atoms with Gasteiger partial charge in [-0.1, -0.05) is 48.5 Å². The normalized spacial score (nSPS) is 12.1. The number of oxazole rings is 1. The molecule has 0 spiro atoms. The Labute approximate surface area is 164 Å². The maximum Gasteiger partial charge on any atom is 0.307 e. The number of benzene rings is 4. The molecule has 0 saturated heterocycles. The molecule has 0 aliphatic heterocycles. The SMILES string of the molecule is c1ccc2oc(-n3c4ccccc4c4c5c(ccc43)oc3ccccc35)nc2c1. The standard InChI is InChI=1S/C25H14N2O2/c1-4-10-18-15(7-1)23-19(27(18)25-26-17-9-3-6-12-21(17)29-25)13-14-22-24(23)16-8-2-5-11-20(16)28-22/h1-14H. The predicted molar refractivity (Wildman–Crippen MR) is 116 cm³/mol. The molecule has 0 bridgehead atoms. The van der Waals surface area contributed by atoms with Crippen LogP contribution in [0, 0.1) is 0 Å². The number of aromatic nitrogens is 2. The van der Waals surface area contributed by atoms with Crippen LogP contribution in [-0.4, -0.2) is 9.55 Å². The van der Waals surface area contributed by atoms with Crippen molar-refractivity contribution in [3.63, 3.8) is 0 Å². The highest BCUT2D eigenvalue weighted by molar-refractivity contribution is 6.27. The van der Waals surface area contributed by atoms with Gasteiger partial charge >= 0.3 is 6.01 Å². The second-order valence-electron chi connectivity index (χ2n) is 7.25. The Bertz CT molecular complexity index is 1680. The zero-order chi connectivity index (χ0) is 18.9. The molecule has 0 unspecified atom stereocenters. The Kier molecular flexibility index (Phi) is 2.71. The maximum absolute atomic E-state index is 6.14. The van der Waals surface area contributed by atoms with Crippen LogP contribution in [-0.2, 0) is 0 Å². The van der Waals surface area contributed by atoms with Crippen molar-refractivity contribution in [3.05, 3.63) is 84.9 Å². The summed E-state index contributed by atoms with van der Waals surface area (Å²) in [5, 5.41) is 4.56. The van der Waals surface area contributed by atoms with Crippen LogP contribution in [0.25, 0.3) is 60.9 Å². The van der Waals surface area contributed by atoms with Gasteiger partial charge in [0.15, 0.2) is 5.58 Å². The van der Waals surface area contributed by atoms with E-state index in [1.165, 1.54) is 0 Å². The predicted octanol–water partition coefficient (Wildman–Crippen LogP) is 6.82. The topological polar surface area (TPSA) is 44.1 Å². The quantitative estimate of drug-likeness (QED) is 0.316. The number of rotatable bonds is 1. The van der Waals surface area contributed by atoms with Crippen molar-refractivity contribution in [3.8, 4) is 6.01 Å². The maximum atomic E-state index is 6.14. The van der Waals surface area contributed by atoms with Crippen LogP contribution in [0.1, 0.15) is 0 Å². The molecule has 7 aromatic rings. The Morgan fingerprint density at radius 2 is 1.31 bits per heavy atom. The van der Waals surface area contributed by atoms with Crippen molar-refractivity contribution < 1.29 is 8.83 Å². The van der Waals surface area contributed by atoms with Gasteiger partial charge in [-0.15, -0.1) is 0 Å². The largest absolute Gasteiger partial charge is 0.456 e.